The van der Waals surface area contributed by atoms with Gasteiger partial charge in [0.2, 0.25) is 0 Å². The molecule has 0 amide bonds. The minimum Gasteiger partial charge on any atom is -0.382 e. The number of aromatic nitrogens is 2. The van der Waals surface area contributed by atoms with Crippen molar-refractivity contribution >= 4 is 32.2 Å². The molecule has 2 aromatic heterocycles. The van der Waals surface area contributed by atoms with Crippen molar-refractivity contribution in [1.82, 2.24) is 9.38 Å². The number of nitrogens with zero attached hydrogens (tertiary/aromatic N) is 2. The molecule has 3 nitrogen and oxygen atoms in total. The number of imidazole rings is 1. The summed E-state index contributed by atoms with van der Waals surface area (Å²) in [5.41, 5.74) is 4.89. The van der Waals surface area contributed by atoms with Crippen molar-refractivity contribution in [2.24, 2.45) is 0 Å². The van der Waals surface area contributed by atoms with Crippen LogP contribution in [0.1, 0.15) is 34.2 Å². The fourth-order valence-corrected chi connectivity index (χ4v) is 3.88. The average Bonchev–Trinajstić information content (AvgIpc) is 2.86. The molecule has 1 N–H and O–H groups in total. The molecule has 1 atom stereocenters. The van der Waals surface area contributed by atoms with E-state index in [4.69, 9.17) is 0 Å². The van der Waals surface area contributed by atoms with E-state index in [1.54, 1.807) is 11.3 Å². The van der Waals surface area contributed by atoms with Crippen molar-refractivity contribution < 1.29 is 5.11 Å². The van der Waals surface area contributed by atoms with Gasteiger partial charge < -0.3 is 5.11 Å². The van der Waals surface area contributed by atoms with Crippen LogP contribution in [0.2, 0.25) is 0 Å². The second-order valence-electron chi connectivity index (χ2n) is 5.03. The van der Waals surface area contributed by atoms with E-state index in [9.17, 15) is 5.11 Å². The summed E-state index contributed by atoms with van der Waals surface area (Å²) in [5.74, 6) is 0. The second kappa shape index (κ2) is 4.98. The first-order chi connectivity index (χ1) is 9.47. The highest BCUT2D eigenvalue weighted by Gasteiger charge is 2.21. The minimum absolute atomic E-state index is 0.661. The van der Waals surface area contributed by atoms with Crippen LogP contribution < -0.4 is 0 Å². The van der Waals surface area contributed by atoms with Crippen LogP contribution >= 0.6 is 27.3 Å². The van der Waals surface area contributed by atoms with Crippen molar-refractivity contribution in [3.63, 3.8) is 0 Å². The van der Waals surface area contributed by atoms with Gasteiger partial charge in [0.15, 0.2) is 4.96 Å². The van der Waals surface area contributed by atoms with E-state index >= 15 is 0 Å². The standard InChI is InChI=1S/C15H15BrN2OS/c1-8-4-5-9(2)11(6-8)14(19)13-10(3)17-15-18(13)7-12(16)20-15/h4-7,14,19H,1-3H3. The molecular weight excluding hydrogens is 336 g/mol. The Morgan fingerprint density at radius 2 is 2.05 bits per heavy atom. The predicted molar refractivity (Wildman–Crippen MR) is 85.5 cm³/mol. The molecule has 5 heteroatoms. The van der Waals surface area contributed by atoms with E-state index < -0.39 is 6.10 Å². The molecule has 104 valence electrons. The third-order valence-electron chi connectivity index (χ3n) is 3.51. The number of halogens is 1. The van der Waals surface area contributed by atoms with Crippen LogP contribution in [0.25, 0.3) is 4.96 Å². The number of benzene rings is 1. The van der Waals surface area contributed by atoms with Crippen LogP contribution in [0.5, 0.6) is 0 Å². The Balaban J connectivity index is 2.18. The molecule has 2 heterocycles. The third-order valence-corrected chi connectivity index (χ3v) is 4.97. The first-order valence-corrected chi connectivity index (χ1v) is 7.97. The lowest BCUT2D eigenvalue weighted by molar-refractivity contribution is 0.212. The van der Waals surface area contributed by atoms with Gasteiger partial charge >= 0.3 is 0 Å². The maximum absolute atomic E-state index is 10.8. The number of hydrogen-bond donors (Lipinski definition) is 1. The summed E-state index contributed by atoms with van der Waals surface area (Å²) in [5, 5.41) is 10.8. The van der Waals surface area contributed by atoms with Crippen molar-refractivity contribution in [2.45, 2.75) is 26.9 Å². The van der Waals surface area contributed by atoms with Gasteiger partial charge in [0.25, 0.3) is 0 Å². The molecule has 0 saturated heterocycles. The van der Waals surface area contributed by atoms with E-state index in [2.05, 4.69) is 27.0 Å². The summed E-state index contributed by atoms with van der Waals surface area (Å²) in [4.78, 5) is 5.42. The third kappa shape index (κ3) is 2.20. The fraction of sp³-hybridized carbons (Fsp3) is 0.267. The lowest BCUT2D eigenvalue weighted by Gasteiger charge is -2.15. The molecule has 0 aliphatic rings. The molecule has 0 fully saturated rings. The predicted octanol–water partition coefficient (Wildman–Crippen LogP) is 4.17. The Kier molecular flexibility index (Phi) is 3.44. The Bertz CT molecular complexity index is 791. The summed E-state index contributed by atoms with van der Waals surface area (Å²) in [6, 6.07) is 6.15. The average molecular weight is 351 g/mol. The molecule has 3 rings (SSSR count). The van der Waals surface area contributed by atoms with E-state index in [1.165, 1.54) is 0 Å². The van der Waals surface area contributed by atoms with Gasteiger partial charge in [-0.1, -0.05) is 35.1 Å². The molecule has 0 bridgehead atoms. The van der Waals surface area contributed by atoms with Gasteiger partial charge in [-0.2, -0.15) is 0 Å². The zero-order valence-corrected chi connectivity index (χ0v) is 13.9. The van der Waals surface area contributed by atoms with Gasteiger partial charge in [-0.15, -0.1) is 0 Å². The molecule has 1 aromatic carbocycles. The highest BCUT2D eigenvalue weighted by atomic mass is 79.9. The summed E-state index contributed by atoms with van der Waals surface area (Å²) >= 11 is 5.03. The van der Waals surface area contributed by atoms with Crippen LogP contribution in [0, 0.1) is 20.8 Å². The van der Waals surface area contributed by atoms with E-state index in [0.29, 0.717) is 0 Å². The zero-order valence-electron chi connectivity index (χ0n) is 11.5. The maximum Gasteiger partial charge on any atom is 0.195 e. The summed E-state index contributed by atoms with van der Waals surface area (Å²) < 4.78 is 2.98. The van der Waals surface area contributed by atoms with E-state index in [-0.39, 0.29) is 0 Å². The van der Waals surface area contributed by atoms with Crippen LogP contribution in [-0.2, 0) is 0 Å². The SMILES string of the molecule is Cc1ccc(C)c(C(O)c2c(C)nc3sc(Br)cn23)c1. The number of aryl methyl sites for hydroxylation is 3. The first-order valence-electron chi connectivity index (χ1n) is 6.36. The summed E-state index contributed by atoms with van der Waals surface area (Å²) in [6.45, 7) is 6.00. The van der Waals surface area contributed by atoms with Gasteiger partial charge in [-0.3, -0.25) is 4.40 Å². The van der Waals surface area contributed by atoms with Crippen LogP contribution in [0.3, 0.4) is 0 Å². The van der Waals surface area contributed by atoms with E-state index in [1.807, 2.05) is 43.5 Å². The molecule has 0 aliphatic heterocycles. The Hall–Kier alpha value is -1.17. The van der Waals surface area contributed by atoms with Gasteiger partial charge in [-0.25, -0.2) is 4.98 Å². The van der Waals surface area contributed by atoms with Crippen molar-refractivity contribution in [1.29, 1.82) is 0 Å². The second-order valence-corrected chi connectivity index (χ2v) is 7.42. The first kappa shape index (κ1) is 13.8. The number of aliphatic hydroxyl groups excluding tert-OH is 1. The van der Waals surface area contributed by atoms with Crippen molar-refractivity contribution in [2.75, 3.05) is 0 Å². The number of fused-ring (bicyclic) bond motifs is 1. The lowest BCUT2D eigenvalue weighted by atomic mass is 9.98. The van der Waals surface area contributed by atoms with E-state index in [0.717, 1.165) is 36.8 Å². The lowest BCUT2D eigenvalue weighted by Crippen LogP contribution is -2.06. The number of thiazole rings is 1. The fourth-order valence-electron chi connectivity index (χ4n) is 2.48. The Labute approximate surface area is 130 Å². The quantitative estimate of drug-likeness (QED) is 0.753. The molecule has 20 heavy (non-hydrogen) atoms. The summed E-state index contributed by atoms with van der Waals surface area (Å²) in [6.07, 6.45) is 1.30. The van der Waals surface area contributed by atoms with Gasteiger partial charge in [-0.05, 0) is 47.8 Å². The maximum atomic E-state index is 10.8. The smallest absolute Gasteiger partial charge is 0.195 e. The van der Waals surface area contributed by atoms with Crippen LogP contribution in [0.4, 0.5) is 0 Å². The van der Waals surface area contributed by atoms with Crippen molar-refractivity contribution in [3.8, 4) is 0 Å². The molecule has 0 spiro atoms. The topological polar surface area (TPSA) is 37.5 Å². The zero-order chi connectivity index (χ0) is 14.4. The molecular formula is C15H15BrN2OS. The highest BCUT2D eigenvalue weighted by Crippen LogP contribution is 2.32. The monoisotopic (exact) mass is 350 g/mol. The molecule has 0 aliphatic carbocycles. The molecule has 0 radical (unpaired) electrons. The van der Waals surface area contributed by atoms with Crippen LogP contribution in [0.15, 0.2) is 28.2 Å². The molecule has 0 saturated carbocycles. The van der Waals surface area contributed by atoms with Crippen LogP contribution in [-0.4, -0.2) is 14.5 Å². The Morgan fingerprint density at radius 1 is 1.30 bits per heavy atom. The highest BCUT2D eigenvalue weighted by molar-refractivity contribution is 9.11. The number of aliphatic hydroxyl groups is 1. The minimum atomic E-state index is -0.661. The van der Waals surface area contributed by atoms with Gasteiger partial charge in [0.05, 0.1) is 15.2 Å². The summed E-state index contributed by atoms with van der Waals surface area (Å²) in [7, 11) is 0. The normalized spacial score (nSPS) is 13.1. The molecule has 1 unspecified atom stereocenters. The van der Waals surface area contributed by atoms with Crippen molar-refractivity contribution in [3.05, 3.63) is 56.3 Å². The van der Waals surface area contributed by atoms with Gasteiger partial charge in [0.1, 0.15) is 6.10 Å². The Morgan fingerprint density at radius 3 is 2.80 bits per heavy atom. The molecule has 3 aromatic rings. The van der Waals surface area contributed by atoms with Gasteiger partial charge in [0, 0.05) is 6.20 Å². The largest absolute Gasteiger partial charge is 0.382 e. The number of rotatable bonds is 2. The number of hydrogen-bond acceptors (Lipinski definition) is 3.